The first-order chi connectivity index (χ1) is 31.2. The Morgan fingerprint density at radius 3 is 1.11 bits per heavy atom. The van der Waals surface area contributed by atoms with Gasteiger partial charge in [-0.25, -0.2) is 0 Å². The molecule has 1 heterocycles. The van der Waals surface area contributed by atoms with Gasteiger partial charge in [0, 0.05) is 44.9 Å². The minimum Gasteiger partial charge on any atom is -0.456 e. The number of hydrogen-bond donors (Lipinski definition) is 0. The van der Waals surface area contributed by atoms with Crippen LogP contribution >= 0.6 is 0 Å². The molecule has 0 N–H and O–H groups in total. The fourth-order valence-electron chi connectivity index (χ4n) is 8.96. The van der Waals surface area contributed by atoms with Crippen LogP contribution in [0.5, 0.6) is 0 Å². The predicted octanol–water partition coefficient (Wildman–Crippen LogP) is 17.0. The molecular formula is C60H44N2O. The van der Waals surface area contributed by atoms with Crippen LogP contribution in [0.3, 0.4) is 0 Å². The highest BCUT2D eigenvalue weighted by Crippen LogP contribution is 2.40. The highest BCUT2D eigenvalue weighted by molar-refractivity contribution is 6.07. The number of para-hydroxylation sites is 2. The Kier molecular flexibility index (Phi) is 10.0. The van der Waals surface area contributed by atoms with E-state index < -0.39 is 0 Å². The lowest BCUT2D eigenvalue weighted by molar-refractivity contribution is 0.669. The standard InChI is InChI=1S/C60H44N2O/c1-5-13-43(14-6-1)45-21-31-53(32-22-45)61(51-17-9-3-10-18-51)55-35-25-47(26-36-55)49-29-39-59-57(41-49)58-42-50(30-40-60(58)63-59)48-27-37-56(38-28-48)62(52-19-11-4-12-20-52)54-33-23-46(24-34-54)44-15-7-2-8-16-44/h1-23,25-33,35-42H,24,34H2. The maximum atomic E-state index is 6.40. The number of allylic oxidation sites excluding steroid dienone is 4. The Labute approximate surface area is 368 Å². The lowest BCUT2D eigenvalue weighted by Crippen LogP contribution is -2.17. The molecule has 3 heteroatoms. The first-order valence-corrected chi connectivity index (χ1v) is 21.7. The molecule has 0 saturated heterocycles. The third kappa shape index (κ3) is 7.62. The van der Waals surface area contributed by atoms with Crippen molar-refractivity contribution in [2.75, 3.05) is 9.80 Å². The van der Waals surface area contributed by atoms with Gasteiger partial charge in [-0.05, 0) is 148 Å². The minimum absolute atomic E-state index is 0.885. The van der Waals surface area contributed by atoms with Crippen LogP contribution in [0.2, 0.25) is 0 Å². The van der Waals surface area contributed by atoms with E-state index in [4.69, 9.17) is 4.42 Å². The van der Waals surface area contributed by atoms with Gasteiger partial charge in [0.2, 0.25) is 0 Å². The molecule has 0 fully saturated rings. The van der Waals surface area contributed by atoms with E-state index in [1.165, 1.54) is 28.0 Å². The number of nitrogens with zero attached hydrogens (tertiary/aromatic N) is 2. The molecule has 0 radical (unpaired) electrons. The van der Waals surface area contributed by atoms with E-state index in [2.05, 4.69) is 252 Å². The molecule has 1 aliphatic rings. The van der Waals surface area contributed by atoms with Gasteiger partial charge in [-0.1, -0.05) is 152 Å². The van der Waals surface area contributed by atoms with Gasteiger partial charge in [0.15, 0.2) is 0 Å². The van der Waals surface area contributed by atoms with Crippen LogP contribution in [0.4, 0.5) is 28.4 Å². The van der Waals surface area contributed by atoms with E-state index in [0.717, 1.165) is 85.5 Å². The van der Waals surface area contributed by atoms with E-state index in [1.54, 1.807) is 0 Å². The summed E-state index contributed by atoms with van der Waals surface area (Å²) in [5, 5.41) is 2.22. The number of hydrogen-bond acceptors (Lipinski definition) is 3. The average Bonchev–Trinajstić information content (AvgIpc) is 3.74. The van der Waals surface area contributed by atoms with Crippen LogP contribution in [-0.2, 0) is 0 Å². The van der Waals surface area contributed by atoms with Crippen molar-refractivity contribution in [3.05, 3.63) is 254 Å². The predicted molar refractivity (Wildman–Crippen MR) is 265 cm³/mol. The summed E-state index contributed by atoms with van der Waals surface area (Å²) < 4.78 is 6.40. The van der Waals surface area contributed by atoms with Gasteiger partial charge < -0.3 is 14.2 Å². The molecule has 9 aromatic carbocycles. The molecule has 1 aliphatic carbocycles. The molecule has 0 spiro atoms. The molecule has 0 amide bonds. The van der Waals surface area contributed by atoms with Crippen molar-refractivity contribution in [1.82, 2.24) is 0 Å². The summed E-state index contributed by atoms with van der Waals surface area (Å²) in [4.78, 5) is 4.70. The van der Waals surface area contributed by atoms with Crippen molar-refractivity contribution in [2.45, 2.75) is 12.8 Å². The van der Waals surface area contributed by atoms with E-state index >= 15 is 0 Å². The molecule has 3 nitrogen and oxygen atoms in total. The molecule has 0 unspecified atom stereocenters. The van der Waals surface area contributed by atoms with Crippen molar-refractivity contribution in [2.24, 2.45) is 0 Å². The summed E-state index contributed by atoms with van der Waals surface area (Å²) in [5.74, 6) is 0. The lowest BCUT2D eigenvalue weighted by atomic mass is 9.95. The third-order valence-electron chi connectivity index (χ3n) is 12.2. The first kappa shape index (κ1) is 37.8. The normalized spacial score (nSPS) is 12.5. The summed E-state index contributed by atoms with van der Waals surface area (Å²) in [6, 6.07) is 82.3. The summed E-state index contributed by atoms with van der Waals surface area (Å²) >= 11 is 0. The van der Waals surface area contributed by atoms with Gasteiger partial charge in [-0.3, -0.25) is 0 Å². The van der Waals surface area contributed by atoms with Crippen LogP contribution in [0.25, 0.3) is 60.9 Å². The van der Waals surface area contributed by atoms with E-state index in [1.807, 2.05) is 0 Å². The van der Waals surface area contributed by atoms with Crippen molar-refractivity contribution in [3.8, 4) is 33.4 Å². The molecule has 0 atom stereocenters. The Morgan fingerprint density at radius 2 is 0.651 bits per heavy atom. The molecular weight excluding hydrogens is 765 g/mol. The number of anilines is 5. The van der Waals surface area contributed by atoms with Crippen molar-refractivity contribution in [3.63, 3.8) is 0 Å². The Hall–Kier alpha value is -8.14. The van der Waals surface area contributed by atoms with Gasteiger partial charge >= 0.3 is 0 Å². The SMILES string of the molecule is C1=C(c2ccccc2)CCC(N(c2ccccc2)c2ccc(-c3ccc4oc5ccc(-c6ccc(N(c7ccccc7)c7ccc(-c8ccccc8)cc7)cc6)cc5c4c3)cc2)=C1. The highest BCUT2D eigenvalue weighted by Gasteiger charge is 2.19. The summed E-state index contributed by atoms with van der Waals surface area (Å²) in [5.41, 5.74) is 18.4. The van der Waals surface area contributed by atoms with Crippen LogP contribution in [-0.4, -0.2) is 0 Å². The van der Waals surface area contributed by atoms with Gasteiger partial charge in [0.25, 0.3) is 0 Å². The zero-order valence-corrected chi connectivity index (χ0v) is 34.8. The summed E-state index contributed by atoms with van der Waals surface area (Å²) in [6.45, 7) is 0. The number of fused-ring (bicyclic) bond motifs is 3. The van der Waals surface area contributed by atoms with E-state index in [9.17, 15) is 0 Å². The summed E-state index contributed by atoms with van der Waals surface area (Å²) in [6.07, 6.45) is 6.54. The largest absolute Gasteiger partial charge is 0.456 e. The minimum atomic E-state index is 0.885. The van der Waals surface area contributed by atoms with Crippen molar-refractivity contribution < 1.29 is 4.42 Å². The maximum Gasteiger partial charge on any atom is 0.135 e. The molecule has 63 heavy (non-hydrogen) atoms. The Bertz CT molecular complexity index is 3220. The second-order valence-corrected chi connectivity index (χ2v) is 16.1. The molecule has 0 saturated carbocycles. The van der Waals surface area contributed by atoms with Crippen molar-refractivity contribution >= 4 is 55.9 Å². The van der Waals surface area contributed by atoms with Crippen LogP contribution in [0.1, 0.15) is 18.4 Å². The maximum absolute atomic E-state index is 6.40. The molecule has 11 rings (SSSR count). The fraction of sp³-hybridized carbons (Fsp3) is 0.0333. The highest BCUT2D eigenvalue weighted by atomic mass is 16.3. The second kappa shape index (κ2) is 16.7. The Morgan fingerprint density at radius 1 is 0.286 bits per heavy atom. The average molecular weight is 809 g/mol. The number of rotatable bonds is 10. The molecule has 10 aromatic rings. The van der Waals surface area contributed by atoms with E-state index in [-0.39, 0.29) is 0 Å². The number of benzene rings is 9. The third-order valence-corrected chi connectivity index (χ3v) is 12.2. The molecule has 0 bridgehead atoms. The zero-order chi connectivity index (χ0) is 42.0. The monoisotopic (exact) mass is 808 g/mol. The lowest BCUT2D eigenvalue weighted by Gasteiger charge is -2.30. The number of furan rings is 1. The van der Waals surface area contributed by atoms with Crippen LogP contribution in [0, 0.1) is 0 Å². The molecule has 1 aromatic heterocycles. The molecule has 0 aliphatic heterocycles. The van der Waals surface area contributed by atoms with Gasteiger partial charge in [0.05, 0.1) is 0 Å². The Balaban J connectivity index is 0.881. The van der Waals surface area contributed by atoms with Crippen LogP contribution in [0.15, 0.2) is 253 Å². The first-order valence-electron chi connectivity index (χ1n) is 21.7. The van der Waals surface area contributed by atoms with Gasteiger partial charge in [-0.2, -0.15) is 0 Å². The van der Waals surface area contributed by atoms with Gasteiger partial charge in [-0.15, -0.1) is 0 Å². The van der Waals surface area contributed by atoms with Gasteiger partial charge in [0.1, 0.15) is 11.2 Å². The fourth-order valence-corrected chi connectivity index (χ4v) is 8.96. The zero-order valence-electron chi connectivity index (χ0n) is 34.8. The topological polar surface area (TPSA) is 19.6 Å². The quantitative estimate of drug-likeness (QED) is 0.137. The molecule has 300 valence electrons. The van der Waals surface area contributed by atoms with Crippen LogP contribution < -0.4 is 9.80 Å². The second-order valence-electron chi connectivity index (χ2n) is 16.1. The summed E-state index contributed by atoms with van der Waals surface area (Å²) in [7, 11) is 0. The smallest absolute Gasteiger partial charge is 0.135 e. The van der Waals surface area contributed by atoms with Crippen molar-refractivity contribution in [1.29, 1.82) is 0 Å². The van der Waals surface area contributed by atoms with E-state index in [0.29, 0.717) is 0 Å².